The van der Waals surface area contributed by atoms with Gasteiger partial charge in [0, 0.05) is 24.6 Å². The molecule has 0 unspecified atom stereocenters. The van der Waals surface area contributed by atoms with Crippen LogP contribution in [0.15, 0.2) is 34.9 Å². The summed E-state index contributed by atoms with van der Waals surface area (Å²) in [4.78, 5) is 2.01. The molecule has 1 saturated heterocycles. The van der Waals surface area contributed by atoms with Crippen LogP contribution < -0.4 is 0 Å². The van der Waals surface area contributed by atoms with Gasteiger partial charge in [0.2, 0.25) is 0 Å². The second-order valence-electron chi connectivity index (χ2n) is 6.60. The van der Waals surface area contributed by atoms with Crippen LogP contribution in [0.4, 0.5) is 4.39 Å². The van der Waals surface area contributed by atoms with E-state index in [1.54, 1.807) is 12.1 Å². The highest BCUT2D eigenvalue weighted by Gasteiger charge is 2.30. The van der Waals surface area contributed by atoms with E-state index in [-0.39, 0.29) is 18.0 Å². The van der Waals surface area contributed by atoms with Gasteiger partial charge in [0.25, 0.3) is 0 Å². The molecule has 1 aromatic heterocycles. The summed E-state index contributed by atoms with van der Waals surface area (Å²) in [5.41, 5.74) is 1.60. The molecule has 1 aliphatic rings. The summed E-state index contributed by atoms with van der Waals surface area (Å²) < 4.78 is 24.4. The fourth-order valence-electron chi connectivity index (χ4n) is 3.01. The van der Waals surface area contributed by atoms with Crippen molar-refractivity contribution >= 4 is 0 Å². The predicted molar refractivity (Wildman–Crippen MR) is 88.1 cm³/mol. The van der Waals surface area contributed by atoms with Crippen LogP contribution in [0.3, 0.4) is 0 Å². The molecule has 2 heterocycles. The van der Waals surface area contributed by atoms with Gasteiger partial charge in [-0.05, 0) is 51.2 Å². The molecule has 0 spiro atoms. The second-order valence-corrected chi connectivity index (χ2v) is 6.60. The van der Waals surface area contributed by atoms with Crippen molar-refractivity contribution in [2.75, 3.05) is 20.6 Å². The van der Waals surface area contributed by atoms with Gasteiger partial charge in [0.1, 0.15) is 5.82 Å². The number of benzene rings is 1. The zero-order valence-electron chi connectivity index (χ0n) is 14.0. The maximum Gasteiger partial charge on any atom is 0.167 e. The van der Waals surface area contributed by atoms with Crippen molar-refractivity contribution in [1.29, 1.82) is 0 Å². The van der Waals surface area contributed by atoms with Gasteiger partial charge in [0.05, 0.1) is 24.0 Å². The molecule has 6 heteroatoms. The van der Waals surface area contributed by atoms with Crippen molar-refractivity contribution < 1.29 is 18.8 Å². The largest absolute Gasteiger partial charge is 0.390 e. The van der Waals surface area contributed by atoms with Crippen molar-refractivity contribution in [1.82, 2.24) is 10.1 Å². The number of nitrogens with zero attached hydrogens (tertiary/aromatic N) is 2. The lowest BCUT2D eigenvalue weighted by atomic mass is 9.98. The number of aliphatic hydroxyl groups excluding tert-OH is 1. The third-order valence-corrected chi connectivity index (χ3v) is 4.25. The molecule has 5 nitrogen and oxygen atoms in total. The summed E-state index contributed by atoms with van der Waals surface area (Å²) >= 11 is 0. The Morgan fingerprint density at radius 1 is 1.25 bits per heavy atom. The highest BCUT2D eigenvalue weighted by atomic mass is 19.1. The Morgan fingerprint density at radius 3 is 2.71 bits per heavy atom. The van der Waals surface area contributed by atoms with Crippen LogP contribution >= 0.6 is 0 Å². The van der Waals surface area contributed by atoms with Crippen LogP contribution in [-0.2, 0) is 11.2 Å². The molecule has 1 fully saturated rings. The molecule has 0 aliphatic carbocycles. The van der Waals surface area contributed by atoms with E-state index in [0.29, 0.717) is 18.7 Å². The Balaban J connectivity index is 1.63. The Bertz CT molecular complexity index is 657. The summed E-state index contributed by atoms with van der Waals surface area (Å²) in [7, 11) is 3.93. The normalized spacial score (nSPS) is 24.5. The summed E-state index contributed by atoms with van der Waals surface area (Å²) in [6, 6.07) is 7.99. The molecule has 0 radical (unpaired) electrons. The second kappa shape index (κ2) is 7.42. The van der Waals surface area contributed by atoms with Gasteiger partial charge in [-0.1, -0.05) is 5.16 Å². The van der Waals surface area contributed by atoms with E-state index >= 15 is 0 Å². The number of aliphatic hydroxyl groups is 1. The van der Waals surface area contributed by atoms with Crippen molar-refractivity contribution in [2.45, 2.75) is 37.6 Å². The molecule has 0 saturated carbocycles. The van der Waals surface area contributed by atoms with E-state index < -0.39 is 6.10 Å². The summed E-state index contributed by atoms with van der Waals surface area (Å²) in [5, 5.41) is 14.2. The Labute approximate surface area is 141 Å². The number of hydrogen-bond acceptors (Lipinski definition) is 5. The van der Waals surface area contributed by atoms with Gasteiger partial charge in [-0.2, -0.15) is 0 Å². The van der Waals surface area contributed by atoms with Crippen molar-refractivity contribution in [2.24, 2.45) is 0 Å². The molecule has 3 atom stereocenters. The molecule has 0 amide bonds. The Morgan fingerprint density at radius 2 is 2.00 bits per heavy atom. The number of ether oxygens (including phenoxy) is 1. The van der Waals surface area contributed by atoms with Gasteiger partial charge in [-0.15, -0.1) is 0 Å². The first-order chi connectivity index (χ1) is 11.5. The fourth-order valence-corrected chi connectivity index (χ4v) is 3.01. The van der Waals surface area contributed by atoms with Crippen LogP contribution in [0.2, 0.25) is 0 Å². The number of aromatic nitrogens is 1. The number of hydrogen-bond donors (Lipinski definition) is 1. The molecule has 24 heavy (non-hydrogen) atoms. The van der Waals surface area contributed by atoms with Gasteiger partial charge in [-0.3, -0.25) is 0 Å². The molecule has 1 aliphatic heterocycles. The van der Waals surface area contributed by atoms with Crippen molar-refractivity contribution in [3.8, 4) is 11.3 Å². The zero-order valence-corrected chi connectivity index (χ0v) is 14.0. The maximum absolute atomic E-state index is 13.0. The fraction of sp³-hybridized carbons (Fsp3) is 0.500. The lowest BCUT2D eigenvalue weighted by molar-refractivity contribution is -0.122. The summed E-state index contributed by atoms with van der Waals surface area (Å²) in [5.74, 6) is 0.338. The molecule has 0 bridgehead atoms. The quantitative estimate of drug-likeness (QED) is 0.910. The van der Waals surface area contributed by atoms with Gasteiger partial charge in [0.15, 0.2) is 5.76 Å². The topological polar surface area (TPSA) is 58.7 Å². The monoisotopic (exact) mass is 334 g/mol. The highest BCUT2D eigenvalue weighted by Crippen LogP contribution is 2.25. The lowest BCUT2D eigenvalue weighted by Gasteiger charge is -2.35. The van der Waals surface area contributed by atoms with Crippen LogP contribution in [0.1, 0.15) is 18.5 Å². The first kappa shape index (κ1) is 17.1. The standard InChI is InChI=1S/C18H23FN2O3/c1-21(2)11-18-16(22)8-7-15(23-18)9-14-10-17(24-20-14)12-3-5-13(19)6-4-12/h3-6,10,15-16,18,22H,7-9,11H2,1-2H3/t15-,16-,18+/m0/s1. The van der Waals surface area contributed by atoms with Crippen LogP contribution in [-0.4, -0.2) is 54.1 Å². The molecule has 130 valence electrons. The average molecular weight is 334 g/mol. The smallest absolute Gasteiger partial charge is 0.167 e. The number of rotatable bonds is 5. The summed E-state index contributed by atoms with van der Waals surface area (Å²) in [6.07, 6.45) is 1.58. The lowest BCUT2D eigenvalue weighted by Crippen LogP contribution is -2.45. The SMILES string of the molecule is CN(C)C[C@H]1O[C@H](Cc2cc(-c3ccc(F)cc3)on2)CC[C@@H]1O. The predicted octanol–water partition coefficient (Wildman–Crippen LogP) is 2.49. The first-order valence-corrected chi connectivity index (χ1v) is 8.21. The van der Waals surface area contributed by atoms with Crippen LogP contribution in [0.25, 0.3) is 11.3 Å². The van der Waals surface area contributed by atoms with Crippen molar-refractivity contribution in [3.63, 3.8) is 0 Å². The third-order valence-electron chi connectivity index (χ3n) is 4.25. The molecule has 1 N–H and O–H groups in total. The highest BCUT2D eigenvalue weighted by molar-refractivity contribution is 5.57. The minimum atomic E-state index is -0.421. The molecular weight excluding hydrogens is 311 g/mol. The van der Waals surface area contributed by atoms with E-state index in [4.69, 9.17) is 9.26 Å². The minimum Gasteiger partial charge on any atom is -0.390 e. The van der Waals surface area contributed by atoms with E-state index in [2.05, 4.69) is 5.16 Å². The molecular formula is C18H23FN2O3. The molecule has 1 aromatic carbocycles. The summed E-state index contributed by atoms with van der Waals surface area (Å²) in [6.45, 7) is 0.692. The van der Waals surface area contributed by atoms with E-state index in [1.165, 1.54) is 12.1 Å². The van der Waals surface area contributed by atoms with E-state index in [1.807, 2.05) is 25.1 Å². The Hall–Kier alpha value is -1.76. The average Bonchev–Trinajstić information content (AvgIpc) is 2.99. The van der Waals surface area contributed by atoms with Crippen LogP contribution in [0, 0.1) is 5.82 Å². The van der Waals surface area contributed by atoms with Crippen LogP contribution in [0.5, 0.6) is 0 Å². The molecule has 2 aromatic rings. The third kappa shape index (κ3) is 4.20. The number of halogens is 1. The maximum atomic E-state index is 13.0. The number of likely N-dealkylation sites (N-methyl/N-ethyl adjacent to an activating group) is 1. The van der Waals surface area contributed by atoms with E-state index in [0.717, 1.165) is 24.1 Å². The Kier molecular flexibility index (Phi) is 5.28. The van der Waals surface area contributed by atoms with Gasteiger partial charge < -0.3 is 19.3 Å². The first-order valence-electron chi connectivity index (χ1n) is 8.21. The molecule has 3 rings (SSSR count). The minimum absolute atomic E-state index is 0.0181. The van der Waals surface area contributed by atoms with Crippen molar-refractivity contribution in [3.05, 3.63) is 41.8 Å². The van der Waals surface area contributed by atoms with E-state index in [9.17, 15) is 9.50 Å². The zero-order chi connectivity index (χ0) is 17.1. The van der Waals surface area contributed by atoms with Gasteiger partial charge in [-0.25, -0.2) is 4.39 Å². The van der Waals surface area contributed by atoms with Gasteiger partial charge >= 0.3 is 0 Å².